The molecule has 0 aliphatic carbocycles. The summed E-state index contributed by atoms with van der Waals surface area (Å²) in [7, 11) is 3.48. The highest BCUT2D eigenvalue weighted by Gasteiger charge is 2.30. The summed E-state index contributed by atoms with van der Waals surface area (Å²) in [5, 5.41) is 0. The normalized spacial score (nSPS) is 11.3. The number of nitrogens with zero attached hydrogens (tertiary/aromatic N) is 1. The SMILES string of the molecule is CN(CCO[B]c1ccccc1)c1ccc(C(F)(F)F)cc1. The van der Waals surface area contributed by atoms with Crippen molar-refractivity contribution >= 4 is 18.6 Å². The summed E-state index contributed by atoms with van der Waals surface area (Å²) in [6.45, 7) is 1.03. The van der Waals surface area contributed by atoms with Crippen LogP contribution in [-0.4, -0.2) is 27.7 Å². The molecule has 0 saturated carbocycles. The van der Waals surface area contributed by atoms with E-state index in [2.05, 4.69) is 0 Å². The van der Waals surface area contributed by atoms with E-state index in [0.29, 0.717) is 13.2 Å². The summed E-state index contributed by atoms with van der Waals surface area (Å²) in [6, 6.07) is 14.7. The summed E-state index contributed by atoms with van der Waals surface area (Å²) in [5.41, 5.74) is 1.05. The van der Waals surface area contributed by atoms with Crippen LogP contribution in [0.25, 0.3) is 0 Å². The van der Waals surface area contributed by atoms with Crippen LogP contribution in [0.4, 0.5) is 18.9 Å². The zero-order valence-electron chi connectivity index (χ0n) is 12.2. The van der Waals surface area contributed by atoms with Gasteiger partial charge in [-0.1, -0.05) is 35.8 Å². The average Bonchev–Trinajstić information content (AvgIpc) is 2.52. The van der Waals surface area contributed by atoms with Gasteiger partial charge in [0.15, 0.2) is 0 Å². The van der Waals surface area contributed by atoms with Crippen molar-refractivity contribution in [3.05, 3.63) is 60.2 Å². The van der Waals surface area contributed by atoms with E-state index in [4.69, 9.17) is 4.65 Å². The maximum atomic E-state index is 12.5. The predicted octanol–water partition coefficient (Wildman–Crippen LogP) is 3.10. The molecule has 0 aliphatic rings. The minimum absolute atomic E-state index is 0.451. The van der Waals surface area contributed by atoms with Gasteiger partial charge in [0.25, 0.3) is 0 Å². The van der Waals surface area contributed by atoms with Crippen LogP contribution in [0.2, 0.25) is 0 Å². The molecule has 22 heavy (non-hydrogen) atoms. The van der Waals surface area contributed by atoms with Crippen molar-refractivity contribution in [2.75, 3.05) is 25.1 Å². The summed E-state index contributed by atoms with van der Waals surface area (Å²) in [5.74, 6) is 0. The Morgan fingerprint density at radius 1 is 1.00 bits per heavy atom. The first kappa shape index (κ1) is 16.4. The minimum Gasteiger partial charge on any atom is -0.432 e. The Labute approximate surface area is 128 Å². The fourth-order valence-corrected chi connectivity index (χ4v) is 1.91. The summed E-state index contributed by atoms with van der Waals surface area (Å²) in [6.07, 6.45) is -4.30. The third-order valence-electron chi connectivity index (χ3n) is 3.20. The Morgan fingerprint density at radius 3 is 2.23 bits per heavy atom. The number of rotatable bonds is 6. The average molecular weight is 306 g/mol. The first-order valence-electron chi connectivity index (χ1n) is 6.85. The second kappa shape index (κ2) is 7.36. The number of benzene rings is 2. The Bertz CT molecular complexity index is 572. The van der Waals surface area contributed by atoms with Gasteiger partial charge in [0.05, 0.1) is 5.56 Å². The van der Waals surface area contributed by atoms with Crippen LogP contribution >= 0.6 is 0 Å². The van der Waals surface area contributed by atoms with Crippen LogP contribution in [-0.2, 0) is 10.8 Å². The van der Waals surface area contributed by atoms with E-state index in [-0.39, 0.29) is 0 Å². The standard InChI is InChI=1S/C16H16BF3NO/c1-21(11-12-22-17-14-5-3-2-4-6-14)15-9-7-13(8-10-15)16(18,19)20/h2-10H,11-12H2,1H3. The van der Waals surface area contributed by atoms with E-state index < -0.39 is 11.7 Å². The zero-order valence-corrected chi connectivity index (χ0v) is 12.2. The number of alkyl halides is 3. The second-order valence-corrected chi connectivity index (χ2v) is 4.87. The predicted molar refractivity (Wildman–Crippen MR) is 82.5 cm³/mol. The number of hydrogen-bond donors (Lipinski definition) is 0. The van der Waals surface area contributed by atoms with Crippen LogP contribution in [0.5, 0.6) is 0 Å². The van der Waals surface area contributed by atoms with Gasteiger partial charge < -0.3 is 9.55 Å². The van der Waals surface area contributed by atoms with Crippen LogP contribution in [0.3, 0.4) is 0 Å². The van der Waals surface area contributed by atoms with Crippen molar-refractivity contribution in [2.24, 2.45) is 0 Å². The molecule has 2 aromatic carbocycles. The maximum Gasteiger partial charge on any atom is 0.416 e. The first-order chi connectivity index (χ1) is 10.5. The van der Waals surface area contributed by atoms with Gasteiger partial charge in [-0.05, 0) is 24.3 Å². The molecule has 0 bridgehead atoms. The molecule has 0 atom stereocenters. The van der Waals surface area contributed by atoms with Gasteiger partial charge in [0, 0.05) is 25.9 Å². The molecule has 0 heterocycles. The zero-order chi connectivity index (χ0) is 16.0. The van der Waals surface area contributed by atoms with Crippen molar-refractivity contribution in [1.82, 2.24) is 0 Å². The minimum atomic E-state index is -4.30. The van der Waals surface area contributed by atoms with E-state index in [1.54, 1.807) is 7.48 Å². The van der Waals surface area contributed by atoms with E-state index >= 15 is 0 Å². The van der Waals surface area contributed by atoms with Crippen molar-refractivity contribution in [1.29, 1.82) is 0 Å². The molecule has 2 nitrogen and oxygen atoms in total. The highest BCUT2D eigenvalue weighted by Crippen LogP contribution is 2.30. The van der Waals surface area contributed by atoms with Crippen molar-refractivity contribution in [2.45, 2.75) is 6.18 Å². The summed E-state index contributed by atoms with van der Waals surface area (Å²) in [4.78, 5) is 1.85. The van der Waals surface area contributed by atoms with E-state index in [1.807, 2.05) is 42.3 Å². The van der Waals surface area contributed by atoms with Gasteiger partial charge in [0.1, 0.15) is 0 Å². The number of anilines is 1. The molecular formula is C16H16BF3NO. The summed E-state index contributed by atoms with van der Waals surface area (Å²) < 4.78 is 42.9. The number of likely N-dealkylation sites (N-methyl/N-ethyl adjacent to an activating group) is 1. The molecule has 0 aromatic heterocycles. The molecule has 2 aromatic rings. The van der Waals surface area contributed by atoms with Crippen molar-refractivity contribution in [3.63, 3.8) is 0 Å². The molecule has 0 fully saturated rings. The third-order valence-corrected chi connectivity index (χ3v) is 3.20. The van der Waals surface area contributed by atoms with Gasteiger partial charge in [0.2, 0.25) is 0 Å². The Morgan fingerprint density at radius 2 is 1.64 bits per heavy atom. The largest absolute Gasteiger partial charge is 0.432 e. The monoisotopic (exact) mass is 306 g/mol. The second-order valence-electron chi connectivity index (χ2n) is 4.87. The van der Waals surface area contributed by atoms with Crippen LogP contribution in [0.1, 0.15) is 5.56 Å². The lowest BCUT2D eigenvalue weighted by Crippen LogP contribution is -2.26. The van der Waals surface area contributed by atoms with Gasteiger partial charge in [-0.3, -0.25) is 0 Å². The van der Waals surface area contributed by atoms with E-state index in [0.717, 1.165) is 23.3 Å². The molecule has 0 amide bonds. The Balaban J connectivity index is 1.78. The molecular weight excluding hydrogens is 290 g/mol. The Kier molecular flexibility index (Phi) is 5.49. The van der Waals surface area contributed by atoms with Gasteiger partial charge in [-0.15, -0.1) is 0 Å². The van der Waals surface area contributed by atoms with E-state index in [9.17, 15) is 13.2 Å². The van der Waals surface area contributed by atoms with Gasteiger partial charge >= 0.3 is 13.7 Å². The molecule has 115 valence electrons. The van der Waals surface area contributed by atoms with E-state index in [1.165, 1.54) is 12.1 Å². The maximum absolute atomic E-state index is 12.5. The summed E-state index contributed by atoms with van der Waals surface area (Å²) >= 11 is 0. The van der Waals surface area contributed by atoms with Crippen LogP contribution in [0.15, 0.2) is 54.6 Å². The Hall–Kier alpha value is -1.95. The van der Waals surface area contributed by atoms with Crippen LogP contribution in [0, 0.1) is 0 Å². The lowest BCUT2D eigenvalue weighted by molar-refractivity contribution is -0.137. The fraction of sp³-hybridized carbons (Fsp3) is 0.250. The lowest BCUT2D eigenvalue weighted by atomic mass is 9.88. The molecule has 2 rings (SSSR count). The van der Waals surface area contributed by atoms with Gasteiger partial charge in [-0.2, -0.15) is 13.2 Å². The van der Waals surface area contributed by atoms with Gasteiger partial charge in [-0.25, -0.2) is 0 Å². The molecule has 0 spiro atoms. The molecule has 0 saturated heterocycles. The molecule has 1 radical (unpaired) electrons. The van der Waals surface area contributed by atoms with Crippen molar-refractivity contribution in [3.8, 4) is 0 Å². The van der Waals surface area contributed by atoms with Crippen molar-refractivity contribution < 1.29 is 17.8 Å². The topological polar surface area (TPSA) is 12.5 Å². The number of hydrogen-bond acceptors (Lipinski definition) is 2. The highest BCUT2D eigenvalue weighted by atomic mass is 19.4. The molecule has 0 unspecified atom stereocenters. The first-order valence-corrected chi connectivity index (χ1v) is 6.85. The van der Waals surface area contributed by atoms with Crippen LogP contribution < -0.4 is 10.4 Å². The lowest BCUT2D eigenvalue weighted by Gasteiger charge is -2.20. The molecule has 6 heteroatoms. The molecule has 0 aliphatic heterocycles. The highest BCUT2D eigenvalue weighted by molar-refractivity contribution is 6.46. The quantitative estimate of drug-likeness (QED) is 0.601. The smallest absolute Gasteiger partial charge is 0.416 e. The number of halogens is 3. The molecule has 0 N–H and O–H groups in total. The third kappa shape index (κ3) is 4.81. The fourth-order valence-electron chi connectivity index (χ4n) is 1.91.